The van der Waals surface area contributed by atoms with E-state index in [0.29, 0.717) is 6.42 Å². The van der Waals surface area contributed by atoms with Gasteiger partial charge in [-0.1, -0.05) is 315 Å². The van der Waals surface area contributed by atoms with Gasteiger partial charge in [-0.25, -0.2) is 4.18 Å². The van der Waals surface area contributed by atoms with Crippen LogP contribution in [0.5, 0.6) is 0 Å². The lowest BCUT2D eigenvalue weighted by atomic mass is 9.99. The fraction of sp³-hybridized carbons (Fsp3) is 0.952. The number of unbranched alkanes of at least 4 members (excludes halogenated alkanes) is 46. The number of ether oxygens (including phenoxy) is 2. The molecule has 0 saturated carbocycles. The van der Waals surface area contributed by atoms with Crippen molar-refractivity contribution in [2.45, 2.75) is 371 Å². The predicted octanol–water partition coefficient (Wildman–Crippen LogP) is 16.2. The van der Waals surface area contributed by atoms with Crippen molar-refractivity contribution in [3.63, 3.8) is 0 Å². The van der Waals surface area contributed by atoms with Crippen LogP contribution in [-0.4, -0.2) is 95.4 Å². The van der Waals surface area contributed by atoms with Gasteiger partial charge in [0.05, 0.1) is 25.4 Å². The Hall–Kier alpha value is -1.16. The van der Waals surface area contributed by atoms with Crippen LogP contribution >= 0.6 is 0 Å². The summed E-state index contributed by atoms with van der Waals surface area (Å²) < 4.78 is 48.0. The number of aliphatic hydroxyl groups excluding tert-OH is 4. The number of aliphatic hydroxyl groups is 4. The third-order valence-electron chi connectivity index (χ3n) is 15.8. The molecule has 1 aliphatic heterocycles. The molecule has 13 heteroatoms. The van der Waals surface area contributed by atoms with Crippen molar-refractivity contribution in [1.29, 1.82) is 0 Å². The van der Waals surface area contributed by atoms with E-state index in [2.05, 4.69) is 23.3 Å². The Morgan fingerprint density at radius 3 is 1.14 bits per heavy atom. The van der Waals surface area contributed by atoms with Gasteiger partial charge < -0.3 is 35.2 Å². The molecule has 0 aromatic heterocycles. The topological polar surface area (TPSA) is 192 Å². The number of nitrogens with one attached hydrogen (secondary N) is 1. The van der Waals surface area contributed by atoms with E-state index in [0.717, 1.165) is 38.5 Å². The molecule has 7 atom stereocenters. The smallest absolute Gasteiger partial charge is 0.394 e. The first-order valence-electron chi connectivity index (χ1n) is 32.6. The standard InChI is InChI=1S/C63H123NO11S/c1-3-5-7-9-11-13-15-17-19-21-23-25-27-29-31-33-35-37-39-41-43-45-47-49-51-53-59(67)64-56(55-73-63-61(69)62(75-76(70,71)72)60(68)58(54-65)74-63)57(66)52-50-48-46-44-42-40-38-36-34-32-30-28-26-24-22-20-18-16-14-12-10-8-6-4-2/h50,52,56-58,60-63,65-66,68-69H,3-49,51,53-55H2,1-2H3,(H,64,67)(H,70,71,72)/b52-50+. The van der Waals surface area contributed by atoms with Crippen LogP contribution in [0.4, 0.5) is 0 Å². The molecular formula is C63H123NO11S. The van der Waals surface area contributed by atoms with Crippen LogP contribution in [0.3, 0.4) is 0 Å². The summed E-state index contributed by atoms with van der Waals surface area (Å²) in [6.45, 7) is 3.46. The van der Waals surface area contributed by atoms with Crippen LogP contribution in [-0.2, 0) is 28.9 Å². The van der Waals surface area contributed by atoms with Crippen LogP contribution in [0, 0.1) is 0 Å². The second kappa shape index (κ2) is 53.2. The number of allylic oxidation sites excluding steroid dienone is 1. The van der Waals surface area contributed by atoms with Gasteiger partial charge in [0.25, 0.3) is 0 Å². The molecule has 7 unspecified atom stereocenters. The summed E-state index contributed by atoms with van der Waals surface area (Å²) in [7, 11) is -5.09. The van der Waals surface area contributed by atoms with E-state index in [-0.39, 0.29) is 18.9 Å². The third kappa shape index (κ3) is 44.6. The van der Waals surface area contributed by atoms with E-state index < -0.39 is 59.9 Å². The maximum absolute atomic E-state index is 13.2. The molecule has 1 rings (SSSR count). The van der Waals surface area contributed by atoms with Crippen LogP contribution < -0.4 is 5.32 Å². The minimum absolute atomic E-state index is 0.254. The third-order valence-corrected chi connectivity index (χ3v) is 16.3. The molecule has 76 heavy (non-hydrogen) atoms. The highest BCUT2D eigenvalue weighted by Crippen LogP contribution is 2.26. The summed E-state index contributed by atoms with van der Waals surface area (Å²) in [5, 5.41) is 45.1. The Balaban J connectivity index is 2.30. The summed E-state index contributed by atoms with van der Waals surface area (Å²) in [6.07, 6.45) is 57.0. The molecule has 0 bridgehead atoms. The fourth-order valence-corrected chi connectivity index (χ4v) is 11.3. The predicted molar refractivity (Wildman–Crippen MR) is 315 cm³/mol. The zero-order valence-electron chi connectivity index (χ0n) is 49.4. The molecule has 0 aliphatic carbocycles. The average Bonchev–Trinajstić information content (AvgIpc) is 3.40. The first kappa shape index (κ1) is 72.9. The van der Waals surface area contributed by atoms with Gasteiger partial charge >= 0.3 is 10.4 Å². The van der Waals surface area contributed by atoms with Gasteiger partial charge in [-0.15, -0.1) is 0 Å². The minimum atomic E-state index is -5.09. The summed E-state index contributed by atoms with van der Waals surface area (Å²) in [6, 6.07) is -0.941. The second-order valence-electron chi connectivity index (χ2n) is 23.1. The Bertz CT molecular complexity index is 1390. The molecule has 452 valence electrons. The van der Waals surface area contributed by atoms with E-state index in [9.17, 15) is 38.2 Å². The number of carbonyl (C=O) groups excluding carboxylic acids is 1. The lowest BCUT2D eigenvalue weighted by molar-refractivity contribution is -0.298. The molecule has 0 radical (unpaired) electrons. The van der Waals surface area contributed by atoms with Gasteiger partial charge in [-0.05, 0) is 19.3 Å². The lowest BCUT2D eigenvalue weighted by Crippen LogP contribution is -2.61. The fourth-order valence-electron chi connectivity index (χ4n) is 10.8. The highest BCUT2D eigenvalue weighted by molar-refractivity contribution is 7.80. The largest absolute Gasteiger partial charge is 0.397 e. The lowest BCUT2D eigenvalue weighted by Gasteiger charge is -2.41. The van der Waals surface area contributed by atoms with Crippen molar-refractivity contribution >= 4 is 16.3 Å². The number of amides is 1. The highest BCUT2D eigenvalue weighted by Gasteiger charge is 2.48. The molecule has 0 spiro atoms. The number of rotatable bonds is 58. The zero-order chi connectivity index (χ0) is 55.4. The molecule has 1 aliphatic rings. The van der Waals surface area contributed by atoms with E-state index in [4.69, 9.17) is 9.47 Å². The molecule has 12 nitrogen and oxygen atoms in total. The van der Waals surface area contributed by atoms with Crippen molar-refractivity contribution in [2.24, 2.45) is 0 Å². The SMILES string of the molecule is CCCCCCCCCCCCCCCCCCCCCCCC/C=C/C(O)C(COC1OC(CO)C(O)C(OS(=O)(=O)O)C1O)NC(=O)CCCCCCCCCCCCCCCCCCCCCCCCCCC. The van der Waals surface area contributed by atoms with Crippen molar-refractivity contribution in [3.05, 3.63) is 12.2 Å². The van der Waals surface area contributed by atoms with Gasteiger partial charge in [-0.3, -0.25) is 9.35 Å². The van der Waals surface area contributed by atoms with Crippen molar-refractivity contribution < 1.29 is 51.8 Å². The summed E-state index contributed by atoms with van der Waals surface area (Å²) in [5.74, 6) is -0.254. The van der Waals surface area contributed by atoms with Gasteiger partial charge in [-0.2, -0.15) is 8.42 Å². The van der Waals surface area contributed by atoms with Gasteiger partial charge in [0.15, 0.2) is 6.29 Å². The molecule has 1 heterocycles. The first-order valence-corrected chi connectivity index (χ1v) is 33.9. The van der Waals surface area contributed by atoms with Crippen LogP contribution in [0.1, 0.15) is 328 Å². The Morgan fingerprint density at radius 2 is 0.829 bits per heavy atom. The maximum atomic E-state index is 13.2. The average molecular weight is 1100 g/mol. The van der Waals surface area contributed by atoms with Crippen molar-refractivity contribution in [2.75, 3.05) is 13.2 Å². The normalized spacial score (nSPS) is 19.0. The number of hydrogen-bond acceptors (Lipinski definition) is 10. The molecule has 0 aromatic rings. The summed E-state index contributed by atoms with van der Waals surface area (Å²) in [4.78, 5) is 13.2. The van der Waals surface area contributed by atoms with E-state index in [1.165, 1.54) is 263 Å². The Morgan fingerprint density at radius 1 is 0.513 bits per heavy atom. The molecule has 6 N–H and O–H groups in total. The zero-order valence-corrected chi connectivity index (χ0v) is 50.2. The molecular weight excluding hydrogens is 979 g/mol. The first-order chi connectivity index (χ1) is 37.0. The molecule has 1 amide bonds. The quantitative estimate of drug-likeness (QED) is 0.0193. The highest BCUT2D eigenvalue weighted by atomic mass is 32.3. The van der Waals surface area contributed by atoms with Crippen LogP contribution in [0.25, 0.3) is 0 Å². The Labute approximate surface area is 468 Å². The van der Waals surface area contributed by atoms with Crippen LogP contribution in [0.2, 0.25) is 0 Å². The van der Waals surface area contributed by atoms with E-state index in [1.54, 1.807) is 6.08 Å². The van der Waals surface area contributed by atoms with E-state index in [1.807, 2.05) is 6.08 Å². The van der Waals surface area contributed by atoms with Crippen molar-refractivity contribution in [3.8, 4) is 0 Å². The summed E-state index contributed by atoms with van der Waals surface area (Å²) >= 11 is 0. The Kier molecular flexibility index (Phi) is 51.0. The molecule has 1 fully saturated rings. The van der Waals surface area contributed by atoms with Gasteiger partial charge in [0, 0.05) is 6.42 Å². The second-order valence-corrected chi connectivity index (χ2v) is 24.1. The molecule has 1 saturated heterocycles. The van der Waals surface area contributed by atoms with Crippen molar-refractivity contribution in [1.82, 2.24) is 5.32 Å². The monoisotopic (exact) mass is 1100 g/mol. The van der Waals surface area contributed by atoms with Gasteiger partial charge in [0.1, 0.15) is 24.4 Å². The van der Waals surface area contributed by atoms with E-state index >= 15 is 0 Å². The van der Waals surface area contributed by atoms with Gasteiger partial charge in [0.2, 0.25) is 5.91 Å². The summed E-state index contributed by atoms with van der Waals surface area (Å²) in [5.41, 5.74) is 0. The number of hydrogen-bond donors (Lipinski definition) is 6. The molecule has 0 aromatic carbocycles. The maximum Gasteiger partial charge on any atom is 0.397 e. The minimum Gasteiger partial charge on any atom is -0.394 e. The van der Waals surface area contributed by atoms with Crippen LogP contribution in [0.15, 0.2) is 12.2 Å². The number of carbonyl (C=O) groups is 1.